The number of halogens is 2. The number of anilines is 1. The number of thiophene rings is 1. The molecule has 0 saturated carbocycles. The summed E-state index contributed by atoms with van der Waals surface area (Å²) < 4.78 is 27.2. The summed E-state index contributed by atoms with van der Waals surface area (Å²) in [6.07, 6.45) is 0.978. The highest BCUT2D eigenvalue weighted by Gasteiger charge is 2.17. The lowest BCUT2D eigenvalue weighted by Crippen LogP contribution is -2.27. The van der Waals surface area contributed by atoms with Crippen molar-refractivity contribution in [1.29, 1.82) is 0 Å². The van der Waals surface area contributed by atoms with Crippen molar-refractivity contribution in [3.05, 3.63) is 45.2 Å². The largest absolute Gasteiger partial charge is 0.453 e. The molecule has 0 aliphatic heterocycles. The summed E-state index contributed by atoms with van der Waals surface area (Å²) in [6.45, 7) is 5.27. The minimum absolute atomic E-state index is 0.0654. The minimum atomic E-state index is -0.644. The highest BCUT2D eigenvalue weighted by molar-refractivity contribution is 14.1. The summed E-state index contributed by atoms with van der Waals surface area (Å²) >= 11 is 3.73. The molecule has 3 rings (SSSR count). The van der Waals surface area contributed by atoms with Gasteiger partial charge in [-0.2, -0.15) is 0 Å². The maximum atomic E-state index is 14.4. The molecule has 3 aromatic rings. The van der Waals surface area contributed by atoms with Crippen LogP contribution in [0.4, 0.5) is 14.9 Å². The molecule has 0 radical (unpaired) electrons. The molecule has 2 aromatic heterocycles. The van der Waals surface area contributed by atoms with Crippen LogP contribution in [0.2, 0.25) is 0 Å². The van der Waals surface area contributed by atoms with Gasteiger partial charge in [0.05, 0.1) is 13.1 Å². The summed E-state index contributed by atoms with van der Waals surface area (Å²) in [5.74, 6) is 0.0140. The SMILES string of the molecule is CC(C)(C)OC(=O)Nc1ccc(Oc2ccnc3cc(I)sc23)c(F)c1. The van der Waals surface area contributed by atoms with Crippen LogP contribution < -0.4 is 10.1 Å². The second kappa shape index (κ2) is 7.36. The van der Waals surface area contributed by atoms with Crippen LogP contribution in [0, 0.1) is 8.70 Å². The van der Waals surface area contributed by atoms with Crippen LogP contribution in [-0.2, 0) is 4.74 Å². The van der Waals surface area contributed by atoms with E-state index in [4.69, 9.17) is 9.47 Å². The number of rotatable bonds is 3. The number of hydrogen-bond acceptors (Lipinski definition) is 5. The van der Waals surface area contributed by atoms with Crippen molar-refractivity contribution in [2.75, 3.05) is 5.32 Å². The molecule has 1 N–H and O–H groups in total. The third-order valence-corrected chi connectivity index (χ3v) is 5.04. The molecule has 8 heteroatoms. The van der Waals surface area contributed by atoms with E-state index in [1.54, 1.807) is 39.1 Å². The molecule has 0 bridgehead atoms. The zero-order valence-corrected chi connectivity index (χ0v) is 17.3. The zero-order valence-electron chi connectivity index (χ0n) is 14.3. The first-order chi connectivity index (χ1) is 12.2. The molecule has 0 unspecified atom stereocenters. The molecule has 0 saturated heterocycles. The number of pyridine rings is 1. The van der Waals surface area contributed by atoms with Gasteiger partial charge < -0.3 is 9.47 Å². The molecule has 2 heterocycles. The van der Waals surface area contributed by atoms with Crippen molar-refractivity contribution in [3.8, 4) is 11.5 Å². The van der Waals surface area contributed by atoms with E-state index < -0.39 is 17.5 Å². The highest BCUT2D eigenvalue weighted by atomic mass is 127. The summed E-state index contributed by atoms with van der Waals surface area (Å²) in [4.78, 5) is 16.0. The standard InChI is InChI=1S/C18H16FIN2O3S/c1-18(2,3)25-17(23)22-10-4-5-13(11(19)8-10)24-14-6-7-21-12-9-15(20)26-16(12)14/h4-9H,1-3H3,(H,22,23). The van der Waals surface area contributed by atoms with Gasteiger partial charge in [-0.25, -0.2) is 9.18 Å². The van der Waals surface area contributed by atoms with E-state index in [1.165, 1.54) is 23.5 Å². The Kier molecular flexibility index (Phi) is 5.33. The first-order valence-corrected chi connectivity index (χ1v) is 9.62. The van der Waals surface area contributed by atoms with Crippen LogP contribution in [0.25, 0.3) is 10.2 Å². The van der Waals surface area contributed by atoms with Gasteiger partial charge in [-0.15, -0.1) is 11.3 Å². The Balaban J connectivity index is 1.78. The van der Waals surface area contributed by atoms with Crippen molar-refractivity contribution in [2.45, 2.75) is 26.4 Å². The lowest BCUT2D eigenvalue weighted by atomic mass is 10.2. The molecule has 1 amide bonds. The van der Waals surface area contributed by atoms with Gasteiger partial charge >= 0.3 is 6.09 Å². The molecule has 0 fully saturated rings. The van der Waals surface area contributed by atoms with Crippen molar-refractivity contribution < 1.29 is 18.7 Å². The molecule has 1 aromatic carbocycles. The maximum Gasteiger partial charge on any atom is 0.412 e. The van der Waals surface area contributed by atoms with E-state index in [2.05, 4.69) is 32.9 Å². The molecule has 0 spiro atoms. The van der Waals surface area contributed by atoms with Crippen molar-refractivity contribution in [1.82, 2.24) is 4.98 Å². The lowest BCUT2D eigenvalue weighted by Gasteiger charge is -2.19. The fraction of sp³-hybridized carbons (Fsp3) is 0.222. The predicted molar refractivity (Wildman–Crippen MR) is 109 cm³/mol. The van der Waals surface area contributed by atoms with Crippen LogP contribution in [-0.4, -0.2) is 16.7 Å². The van der Waals surface area contributed by atoms with Crippen LogP contribution in [0.15, 0.2) is 36.5 Å². The molecule has 26 heavy (non-hydrogen) atoms. The van der Waals surface area contributed by atoms with E-state index in [-0.39, 0.29) is 11.4 Å². The quantitative estimate of drug-likeness (QED) is 0.450. The Bertz CT molecular complexity index is 969. The first kappa shape index (κ1) is 18.8. The normalized spacial score (nSPS) is 11.4. The third kappa shape index (κ3) is 4.61. The van der Waals surface area contributed by atoms with Gasteiger partial charge in [-0.3, -0.25) is 10.3 Å². The number of nitrogens with one attached hydrogen (secondary N) is 1. The number of benzene rings is 1. The topological polar surface area (TPSA) is 60.5 Å². The molecule has 0 atom stereocenters. The van der Waals surface area contributed by atoms with E-state index in [9.17, 15) is 9.18 Å². The second-order valence-electron chi connectivity index (χ2n) is 6.45. The molecule has 0 aliphatic carbocycles. The highest BCUT2D eigenvalue weighted by Crippen LogP contribution is 2.36. The number of carbonyl (C=O) groups is 1. The number of aromatic nitrogens is 1. The van der Waals surface area contributed by atoms with Gasteiger partial charge in [0.2, 0.25) is 0 Å². The first-order valence-electron chi connectivity index (χ1n) is 7.73. The van der Waals surface area contributed by atoms with Crippen LogP contribution >= 0.6 is 33.9 Å². The van der Waals surface area contributed by atoms with Gasteiger partial charge in [0.15, 0.2) is 11.6 Å². The number of ether oxygens (including phenoxy) is 2. The third-order valence-electron chi connectivity index (χ3n) is 3.14. The van der Waals surface area contributed by atoms with Crippen LogP contribution in [0.1, 0.15) is 20.8 Å². The Morgan fingerprint density at radius 3 is 2.69 bits per heavy atom. The minimum Gasteiger partial charge on any atom is -0.453 e. The van der Waals surface area contributed by atoms with Crippen LogP contribution in [0.3, 0.4) is 0 Å². The summed E-state index contributed by atoms with van der Waals surface area (Å²) in [6, 6.07) is 7.85. The fourth-order valence-corrected chi connectivity index (χ4v) is 3.91. The van der Waals surface area contributed by atoms with Gasteiger partial charge in [-0.05, 0) is 61.6 Å². The maximum absolute atomic E-state index is 14.4. The Morgan fingerprint density at radius 1 is 1.23 bits per heavy atom. The van der Waals surface area contributed by atoms with Gasteiger partial charge in [0, 0.05) is 24.0 Å². The van der Waals surface area contributed by atoms with Crippen LogP contribution in [0.5, 0.6) is 11.5 Å². The molecule has 136 valence electrons. The molecule has 0 aliphatic rings. The monoisotopic (exact) mass is 486 g/mol. The van der Waals surface area contributed by atoms with E-state index in [0.29, 0.717) is 5.75 Å². The van der Waals surface area contributed by atoms with Crippen molar-refractivity contribution in [3.63, 3.8) is 0 Å². The Hall–Kier alpha value is -1.94. The Morgan fingerprint density at radius 2 is 2.00 bits per heavy atom. The molecular formula is C18H16FIN2O3S. The average Bonchev–Trinajstić information content (AvgIpc) is 2.89. The number of nitrogens with zero attached hydrogens (tertiary/aromatic N) is 1. The smallest absolute Gasteiger partial charge is 0.412 e. The average molecular weight is 486 g/mol. The fourth-order valence-electron chi connectivity index (χ4n) is 2.17. The summed E-state index contributed by atoms with van der Waals surface area (Å²) in [7, 11) is 0. The van der Waals surface area contributed by atoms with E-state index in [0.717, 1.165) is 13.1 Å². The van der Waals surface area contributed by atoms with Gasteiger partial charge in [0.25, 0.3) is 0 Å². The zero-order chi connectivity index (χ0) is 18.9. The summed E-state index contributed by atoms with van der Waals surface area (Å²) in [5, 5.41) is 2.50. The predicted octanol–water partition coefficient (Wildman–Crippen LogP) is 6.18. The molecular weight excluding hydrogens is 470 g/mol. The summed E-state index contributed by atoms with van der Waals surface area (Å²) in [5.41, 5.74) is 0.464. The lowest BCUT2D eigenvalue weighted by molar-refractivity contribution is 0.0636. The second-order valence-corrected chi connectivity index (χ2v) is 9.39. The molecule has 5 nitrogen and oxygen atoms in total. The van der Waals surface area contributed by atoms with Crippen molar-refractivity contribution in [2.24, 2.45) is 0 Å². The number of hydrogen-bond donors (Lipinski definition) is 1. The van der Waals surface area contributed by atoms with Gasteiger partial charge in [0.1, 0.15) is 11.4 Å². The van der Waals surface area contributed by atoms with E-state index >= 15 is 0 Å². The van der Waals surface area contributed by atoms with Gasteiger partial charge in [-0.1, -0.05) is 0 Å². The van der Waals surface area contributed by atoms with Crippen molar-refractivity contribution >= 4 is 55.9 Å². The van der Waals surface area contributed by atoms with E-state index in [1.807, 2.05) is 6.07 Å². The number of carbonyl (C=O) groups excluding carboxylic acids is 1. The Labute approximate surface area is 167 Å². The number of amides is 1. The number of fused-ring (bicyclic) bond motifs is 1.